The molecule has 1 aromatic rings. The number of ether oxygens (including phenoxy) is 1. The first-order chi connectivity index (χ1) is 9.08. The quantitative estimate of drug-likeness (QED) is 0.858. The van der Waals surface area contributed by atoms with Crippen molar-refractivity contribution in [3.05, 3.63) is 24.3 Å². The van der Waals surface area contributed by atoms with E-state index in [0.717, 1.165) is 24.2 Å². The number of nitrogens with one attached hydrogen (secondary N) is 2. The highest BCUT2D eigenvalue weighted by Gasteiger charge is 2.28. The van der Waals surface area contributed by atoms with Gasteiger partial charge in [-0.3, -0.25) is 4.79 Å². The lowest BCUT2D eigenvalue weighted by atomic mass is 9.89. The molecule has 0 saturated heterocycles. The summed E-state index contributed by atoms with van der Waals surface area (Å²) in [6.07, 6.45) is 2.52. The lowest BCUT2D eigenvalue weighted by molar-refractivity contribution is -0.118. The van der Waals surface area contributed by atoms with E-state index in [2.05, 4.69) is 10.6 Å². The van der Waals surface area contributed by atoms with Gasteiger partial charge in [0.15, 0.2) is 0 Å². The molecule has 1 fully saturated rings. The van der Waals surface area contributed by atoms with Gasteiger partial charge in [0.05, 0.1) is 6.10 Å². The molecule has 104 valence electrons. The summed E-state index contributed by atoms with van der Waals surface area (Å²) < 4.78 is 5.25. The minimum absolute atomic E-state index is 0.00115. The molecule has 2 N–H and O–H groups in total. The van der Waals surface area contributed by atoms with Crippen molar-refractivity contribution in [1.29, 1.82) is 0 Å². The minimum atomic E-state index is -0.00115. The highest BCUT2D eigenvalue weighted by molar-refractivity contribution is 5.92. The third-order valence-electron chi connectivity index (χ3n) is 3.48. The Morgan fingerprint density at radius 3 is 2.32 bits per heavy atom. The van der Waals surface area contributed by atoms with E-state index in [4.69, 9.17) is 4.74 Å². The molecule has 0 aliphatic heterocycles. The number of hydrogen-bond acceptors (Lipinski definition) is 3. The lowest BCUT2D eigenvalue weighted by Gasteiger charge is -2.35. The normalized spacial score (nSPS) is 21.9. The molecule has 4 heteroatoms. The number of methoxy groups -OCH3 is 1. The molecule has 1 aliphatic carbocycles. The van der Waals surface area contributed by atoms with Crippen LogP contribution >= 0.6 is 0 Å². The Morgan fingerprint density at radius 1 is 1.21 bits per heavy atom. The molecule has 0 heterocycles. The van der Waals surface area contributed by atoms with Crippen molar-refractivity contribution in [2.45, 2.75) is 38.8 Å². The number of benzene rings is 1. The van der Waals surface area contributed by atoms with Crippen molar-refractivity contribution < 1.29 is 9.53 Å². The Balaban J connectivity index is 1.83. The monoisotopic (exact) mass is 262 g/mol. The maximum absolute atomic E-state index is 11.6. The van der Waals surface area contributed by atoms with Crippen LogP contribution in [0.5, 0.6) is 0 Å². The van der Waals surface area contributed by atoms with Crippen LogP contribution in [0, 0.1) is 5.92 Å². The minimum Gasteiger partial charge on any atom is -0.382 e. The topological polar surface area (TPSA) is 50.4 Å². The van der Waals surface area contributed by atoms with Gasteiger partial charge in [-0.1, -0.05) is 13.8 Å². The summed E-state index contributed by atoms with van der Waals surface area (Å²) in [7, 11) is 1.76. The molecular weight excluding hydrogens is 240 g/mol. The summed E-state index contributed by atoms with van der Waals surface area (Å²) in [6, 6.07) is 8.34. The number of rotatable bonds is 5. The highest BCUT2D eigenvalue weighted by Crippen LogP contribution is 2.26. The first kappa shape index (κ1) is 13.9. The smallest absolute Gasteiger partial charge is 0.226 e. The van der Waals surface area contributed by atoms with Crippen LogP contribution in [0.3, 0.4) is 0 Å². The second kappa shape index (κ2) is 6.06. The van der Waals surface area contributed by atoms with Gasteiger partial charge in [0.25, 0.3) is 0 Å². The van der Waals surface area contributed by atoms with E-state index < -0.39 is 0 Å². The zero-order chi connectivity index (χ0) is 13.8. The van der Waals surface area contributed by atoms with Crippen LogP contribution in [0.4, 0.5) is 11.4 Å². The average molecular weight is 262 g/mol. The summed E-state index contributed by atoms with van der Waals surface area (Å²) >= 11 is 0. The SMILES string of the molecule is COC1CC(Nc2ccc(NC(=O)C(C)C)cc2)C1. The molecular formula is C15H22N2O2. The maximum atomic E-state index is 11.6. The molecule has 0 radical (unpaired) electrons. The summed E-state index contributed by atoms with van der Waals surface area (Å²) in [4.78, 5) is 11.6. The van der Waals surface area contributed by atoms with Gasteiger partial charge in [-0.15, -0.1) is 0 Å². The fourth-order valence-electron chi connectivity index (χ4n) is 2.05. The van der Waals surface area contributed by atoms with Crippen LogP contribution in [0.25, 0.3) is 0 Å². The molecule has 0 spiro atoms. The van der Waals surface area contributed by atoms with Crippen molar-refractivity contribution in [3.8, 4) is 0 Å². The number of amides is 1. The van der Waals surface area contributed by atoms with Gasteiger partial charge < -0.3 is 15.4 Å². The summed E-state index contributed by atoms with van der Waals surface area (Å²) in [5.74, 6) is 0.0430. The first-order valence-corrected chi connectivity index (χ1v) is 6.78. The number of anilines is 2. The van der Waals surface area contributed by atoms with Gasteiger partial charge in [-0.2, -0.15) is 0 Å². The third kappa shape index (κ3) is 3.70. The summed E-state index contributed by atoms with van der Waals surface area (Å²) in [6.45, 7) is 3.77. The van der Waals surface area contributed by atoms with Gasteiger partial charge in [-0.25, -0.2) is 0 Å². The molecule has 1 aromatic carbocycles. The van der Waals surface area contributed by atoms with Gasteiger partial charge in [0, 0.05) is 30.4 Å². The Bertz CT molecular complexity index is 422. The van der Waals surface area contributed by atoms with E-state index >= 15 is 0 Å². The Kier molecular flexibility index (Phi) is 4.43. The van der Waals surface area contributed by atoms with Gasteiger partial charge >= 0.3 is 0 Å². The summed E-state index contributed by atoms with van der Waals surface area (Å²) in [5, 5.41) is 6.33. The average Bonchev–Trinajstić information content (AvgIpc) is 2.35. The molecule has 4 nitrogen and oxygen atoms in total. The van der Waals surface area contributed by atoms with E-state index in [1.807, 2.05) is 38.1 Å². The Morgan fingerprint density at radius 2 is 1.79 bits per heavy atom. The van der Waals surface area contributed by atoms with Crippen LogP contribution in [0.15, 0.2) is 24.3 Å². The number of hydrogen-bond donors (Lipinski definition) is 2. The number of carbonyl (C=O) groups excluding carboxylic acids is 1. The second-order valence-corrected chi connectivity index (χ2v) is 5.39. The van der Waals surface area contributed by atoms with Crippen molar-refractivity contribution >= 4 is 17.3 Å². The molecule has 0 atom stereocenters. The van der Waals surface area contributed by atoms with Crippen molar-refractivity contribution in [1.82, 2.24) is 0 Å². The molecule has 0 bridgehead atoms. The van der Waals surface area contributed by atoms with E-state index in [1.54, 1.807) is 7.11 Å². The van der Waals surface area contributed by atoms with E-state index in [9.17, 15) is 4.79 Å². The zero-order valence-electron chi connectivity index (χ0n) is 11.8. The molecule has 19 heavy (non-hydrogen) atoms. The van der Waals surface area contributed by atoms with Crippen LogP contribution in [0.1, 0.15) is 26.7 Å². The maximum Gasteiger partial charge on any atom is 0.226 e. The summed E-state index contributed by atoms with van der Waals surface area (Å²) in [5.41, 5.74) is 1.93. The molecule has 1 saturated carbocycles. The first-order valence-electron chi connectivity index (χ1n) is 6.78. The van der Waals surface area contributed by atoms with Gasteiger partial charge in [0.1, 0.15) is 0 Å². The largest absolute Gasteiger partial charge is 0.382 e. The van der Waals surface area contributed by atoms with Crippen LogP contribution in [-0.2, 0) is 9.53 Å². The van der Waals surface area contributed by atoms with Crippen LogP contribution in [-0.4, -0.2) is 25.2 Å². The predicted molar refractivity (Wildman–Crippen MR) is 77.4 cm³/mol. The van der Waals surface area contributed by atoms with E-state index in [1.165, 1.54) is 0 Å². The molecule has 2 rings (SSSR count). The van der Waals surface area contributed by atoms with Crippen LogP contribution in [0.2, 0.25) is 0 Å². The molecule has 0 unspecified atom stereocenters. The lowest BCUT2D eigenvalue weighted by Crippen LogP contribution is -2.40. The fourth-order valence-corrected chi connectivity index (χ4v) is 2.05. The van der Waals surface area contributed by atoms with Crippen molar-refractivity contribution in [3.63, 3.8) is 0 Å². The predicted octanol–water partition coefficient (Wildman–Crippen LogP) is 2.87. The number of carbonyl (C=O) groups is 1. The molecule has 1 aliphatic rings. The van der Waals surface area contributed by atoms with Gasteiger partial charge in [0.2, 0.25) is 5.91 Å². The van der Waals surface area contributed by atoms with E-state index in [0.29, 0.717) is 12.1 Å². The Hall–Kier alpha value is -1.55. The Labute approximate surface area is 114 Å². The van der Waals surface area contributed by atoms with E-state index in [-0.39, 0.29) is 11.8 Å². The molecule has 0 aromatic heterocycles. The highest BCUT2D eigenvalue weighted by atomic mass is 16.5. The van der Waals surface area contributed by atoms with Gasteiger partial charge in [-0.05, 0) is 37.1 Å². The van der Waals surface area contributed by atoms with Crippen molar-refractivity contribution in [2.24, 2.45) is 5.92 Å². The standard InChI is InChI=1S/C15H22N2O2/c1-10(2)15(18)17-12-6-4-11(5-7-12)16-13-8-14(9-13)19-3/h4-7,10,13-14,16H,8-9H2,1-3H3,(H,17,18). The van der Waals surface area contributed by atoms with Crippen molar-refractivity contribution in [2.75, 3.05) is 17.7 Å². The third-order valence-corrected chi connectivity index (χ3v) is 3.48. The van der Waals surface area contributed by atoms with Crippen LogP contribution < -0.4 is 10.6 Å². The fraction of sp³-hybridized carbons (Fsp3) is 0.533. The molecule has 1 amide bonds. The second-order valence-electron chi connectivity index (χ2n) is 5.39. The zero-order valence-corrected chi connectivity index (χ0v) is 11.8.